The van der Waals surface area contributed by atoms with E-state index in [2.05, 4.69) is 17.3 Å². The molecule has 1 saturated heterocycles. The number of carbonyl (C=O) groups excluding carboxylic acids is 1. The highest BCUT2D eigenvalue weighted by Crippen LogP contribution is 2.21. The molecular weight excluding hydrogens is 432 g/mol. The van der Waals surface area contributed by atoms with Gasteiger partial charge in [0.05, 0.1) is 18.1 Å². The molecule has 29 heavy (non-hydrogen) atoms. The zero-order valence-corrected chi connectivity index (χ0v) is 18.7. The standard InChI is InChI=1S/C19H25ClN4O3S2/c1-2-3-10-23-18(14-4-6-15(20)7-5-14)22-24(19(23)28)11-8-17(25)21-16-9-12-29(26,27)13-16/h4-7,16H,2-3,8-13H2,1H3,(H,21,25). The molecule has 3 rings (SSSR count). The van der Waals surface area contributed by atoms with E-state index in [0.717, 1.165) is 30.8 Å². The lowest BCUT2D eigenvalue weighted by Crippen LogP contribution is -2.36. The minimum Gasteiger partial charge on any atom is -0.352 e. The number of carbonyl (C=O) groups is 1. The normalized spacial score (nSPS) is 18.1. The summed E-state index contributed by atoms with van der Waals surface area (Å²) in [5, 5.41) is 8.10. The number of nitrogens with zero attached hydrogens (tertiary/aromatic N) is 3. The van der Waals surface area contributed by atoms with Crippen LogP contribution < -0.4 is 5.32 Å². The zero-order chi connectivity index (χ0) is 21.0. The van der Waals surface area contributed by atoms with Crippen LogP contribution in [-0.2, 0) is 27.7 Å². The maximum atomic E-state index is 12.3. The van der Waals surface area contributed by atoms with Gasteiger partial charge >= 0.3 is 0 Å². The van der Waals surface area contributed by atoms with Crippen molar-refractivity contribution < 1.29 is 13.2 Å². The number of aryl methyl sites for hydroxylation is 1. The molecule has 1 unspecified atom stereocenters. The van der Waals surface area contributed by atoms with Gasteiger partial charge in [-0.25, -0.2) is 13.1 Å². The molecule has 2 aromatic rings. The Kier molecular flexibility index (Phi) is 7.13. The molecule has 10 heteroatoms. The summed E-state index contributed by atoms with van der Waals surface area (Å²) in [4.78, 5) is 12.3. The molecule has 7 nitrogen and oxygen atoms in total. The summed E-state index contributed by atoms with van der Waals surface area (Å²) in [5.74, 6) is 0.715. The van der Waals surface area contributed by atoms with Crippen molar-refractivity contribution in [1.82, 2.24) is 19.7 Å². The predicted molar refractivity (Wildman–Crippen MR) is 116 cm³/mol. The first-order chi connectivity index (χ1) is 13.8. The average molecular weight is 457 g/mol. The smallest absolute Gasteiger partial charge is 0.222 e. The molecule has 1 fully saturated rings. The fourth-order valence-corrected chi connectivity index (χ4v) is 5.44. The SMILES string of the molecule is CCCCn1c(-c2ccc(Cl)cc2)nn(CCC(=O)NC2CCS(=O)(=O)C2)c1=S. The van der Waals surface area contributed by atoms with E-state index in [0.29, 0.717) is 22.8 Å². The van der Waals surface area contributed by atoms with E-state index in [-0.39, 0.29) is 29.9 Å². The quantitative estimate of drug-likeness (QED) is 0.616. The highest BCUT2D eigenvalue weighted by Gasteiger charge is 2.28. The summed E-state index contributed by atoms with van der Waals surface area (Å²) < 4.78 is 27.3. The maximum absolute atomic E-state index is 12.3. The van der Waals surface area contributed by atoms with Crippen molar-refractivity contribution in [3.63, 3.8) is 0 Å². The maximum Gasteiger partial charge on any atom is 0.222 e. The molecule has 1 amide bonds. The van der Waals surface area contributed by atoms with Gasteiger partial charge in [0.1, 0.15) is 0 Å². The minimum atomic E-state index is -3.02. The van der Waals surface area contributed by atoms with E-state index < -0.39 is 9.84 Å². The largest absolute Gasteiger partial charge is 0.352 e. The van der Waals surface area contributed by atoms with E-state index in [9.17, 15) is 13.2 Å². The lowest BCUT2D eigenvalue weighted by molar-refractivity contribution is -0.121. The van der Waals surface area contributed by atoms with Crippen LogP contribution in [0.2, 0.25) is 5.02 Å². The van der Waals surface area contributed by atoms with Gasteiger partial charge in [0.2, 0.25) is 5.91 Å². The lowest BCUT2D eigenvalue weighted by Gasteiger charge is -2.10. The zero-order valence-electron chi connectivity index (χ0n) is 16.3. The average Bonchev–Trinajstić information content (AvgIpc) is 3.17. The summed E-state index contributed by atoms with van der Waals surface area (Å²) in [6.45, 7) is 3.20. The van der Waals surface area contributed by atoms with Crippen molar-refractivity contribution >= 4 is 39.6 Å². The molecule has 0 spiro atoms. The molecule has 1 atom stereocenters. The van der Waals surface area contributed by atoms with Gasteiger partial charge in [-0.15, -0.1) is 0 Å². The van der Waals surface area contributed by atoms with Crippen molar-refractivity contribution in [1.29, 1.82) is 0 Å². The minimum absolute atomic E-state index is 0.0184. The van der Waals surface area contributed by atoms with Crippen molar-refractivity contribution in [2.75, 3.05) is 11.5 Å². The molecule has 1 aromatic heterocycles. The van der Waals surface area contributed by atoms with Crippen LogP contribution in [0.25, 0.3) is 11.4 Å². The topological polar surface area (TPSA) is 86.0 Å². The van der Waals surface area contributed by atoms with Gasteiger partial charge in [-0.2, -0.15) is 5.10 Å². The van der Waals surface area contributed by atoms with Crippen molar-refractivity contribution in [2.24, 2.45) is 0 Å². The van der Waals surface area contributed by atoms with Crippen LogP contribution in [0, 0.1) is 4.77 Å². The molecule has 158 valence electrons. The molecule has 0 aliphatic carbocycles. The van der Waals surface area contributed by atoms with E-state index >= 15 is 0 Å². The Hall–Kier alpha value is -1.71. The van der Waals surface area contributed by atoms with Crippen LogP contribution in [0.15, 0.2) is 24.3 Å². The van der Waals surface area contributed by atoms with Gasteiger partial charge in [-0.3, -0.25) is 9.36 Å². The lowest BCUT2D eigenvalue weighted by atomic mass is 10.2. The fraction of sp³-hybridized carbons (Fsp3) is 0.526. The summed E-state index contributed by atoms with van der Waals surface area (Å²) in [6, 6.07) is 7.13. The molecule has 0 saturated carbocycles. The molecular formula is C19H25ClN4O3S2. The van der Waals surface area contributed by atoms with Gasteiger partial charge in [-0.1, -0.05) is 24.9 Å². The molecule has 1 aliphatic rings. The molecule has 0 radical (unpaired) electrons. The molecule has 1 N–H and O–H groups in total. The number of benzene rings is 1. The Morgan fingerprint density at radius 2 is 2.03 bits per heavy atom. The number of halogens is 1. The van der Waals surface area contributed by atoms with Crippen molar-refractivity contribution in [3.8, 4) is 11.4 Å². The number of nitrogens with one attached hydrogen (secondary N) is 1. The van der Waals surface area contributed by atoms with Crippen LogP contribution in [0.4, 0.5) is 0 Å². The summed E-state index contributed by atoms with van der Waals surface area (Å²) >= 11 is 11.6. The second-order valence-electron chi connectivity index (χ2n) is 7.26. The number of hydrogen-bond donors (Lipinski definition) is 1. The molecule has 1 aromatic carbocycles. The van der Waals surface area contributed by atoms with Gasteiger partial charge in [0.25, 0.3) is 0 Å². The number of sulfone groups is 1. The number of rotatable bonds is 8. The molecule has 2 heterocycles. The van der Waals surface area contributed by atoms with Crippen molar-refractivity contribution in [3.05, 3.63) is 34.1 Å². The van der Waals surface area contributed by atoms with Crippen LogP contribution >= 0.6 is 23.8 Å². The second-order valence-corrected chi connectivity index (χ2v) is 10.3. The Bertz CT molecular complexity index is 1030. The first-order valence-corrected chi connectivity index (χ1v) is 12.3. The Morgan fingerprint density at radius 3 is 2.66 bits per heavy atom. The van der Waals surface area contributed by atoms with Crippen LogP contribution in [-0.4, -0.2) is 46.2 Å². The third-order valence-corrected chi connectivity index (χ3v) is 7.36. The third kappa shape index (κ3) is 5.67. The Balaban J connectivity index is 1.72. The van der Waals surface area contributed by atoms with Gasteiger partial charge < -0.3 is 5.32 Å². The predicted octanol–water partition coefficient (Wildman–Crippen LogP) is 3.23. The molecule has 0 bridgehead atoms. The Labute approximate surface area is 181 Å². The van der Waals surface area contributed by atoms with Gasteiger partial charge in [0.15, 0.2) is 20.4 Å². The van der Waals surface area contributed by atoms with E-state index in [1.165, 1.54) is 0 Å². The van der Waals surface area contributed by atoms with Gasteiger partial charge in [0, 0.05) is 29.6 Å². The van der Waals surface area contributed by atoms with Crippen molar-refractivity contribution in [2.45, 2.75) is 51.7 Å². The number of unbranched alkanes of at least 4 members (excludes halogenated alkanes) is 1. The van der Waals surface area contributed by atoms with E-state index in [1.54, 1.807) is 4.68 Å². The van der Waals surface area contributed by atoms with Gasteiger partial charge in [-0.05, 0) is 49.3 Å². The number of amides is 1. The van der Waals surface area contributed by atoms with E-state index in [1.807, 2.05) is 28.8 Å². The fourth-order valence-electron chi connectivity index (χ4n) is 3.33. The van der Waals surface area contributed by atoms with Crippen LogP contribution in [0.3, 0.4) is 0 Å². The third-order valence-electron chi connectivity index (χ3n) is 4.91. The van der Waals surface area contributed by atoms with Crippen LogP contribution in [0.5, 0.6) is 0 Å². The summed E-state index contributed by atoms with van der Waals surface area (Å²) in [5.41, 5.74) is 0.913. The Morgan fingerprint density at radius 1 is 1.31 bits per heavy atom. The highest BCUT2D eigenvalue weighted by atomic mass is 35.5. The second kappa shape index (κ2) is 9.40. The summed E-state index contributed by atoms with van der Waals surface area (Å²) in [6.07, 6.45) is 2.66. The number of aromatic nitrogens is 3. The van der Waals surface area contributed by atoms with Crippen LogP contribution in [0.1, 0.15) is 32.6 Å². The monoisotopic (exact) mass is 456 g/mol. The first kappa shape index (κ1) is 22.0. The first-order valence-electron chi connectivity index (χ1n) is 9.72. The highest BCUT2D eigenvalue weighted by molar-refractivity contribution is 7.91. The number of hydrogen-bond acceptors (Lipinski definition) is 5. The van der Waals surface area contributed by atoms with E-state index in [4.69, 9.17) is 23.8 Å². The summed E-state index contributed by atoms with van der Waals surface area (Å²) in [7, 11) is -3.02. The molecule has 1 aliphatic heterocycles.